The fourth-order valence-corrected chi connectivity index (χ4v) is 2.95. The largest absolute Gasteiger partial charge is 0.395 e. The van der Waals surface area contributed by atoms with E-state index in [2.05, 4.69) is 16.6 Å². The highest BCUT2D eigenvalue weighted by Gasteiger charge is 2.12. The van der Waals surface area contributed by atoms with Gasteiger partial charge in [-0.25, -0.2) is 8.42 Å². The summed E-state index contributed by atoms with van der Waals surface area (Å²) in [6.45, 7) is 1.93. The van der Waals surface area contributed by atoms with Crippen LogP contribution in [0.15, 0.2) is 18.2 Å². The Morgan fingerprint density at radius 1 is 1.40 bits per heavy atom. The number of nitrogens with one attached hydrogen (secondary N) is 1. The van der Waals surface area contributed by atoms with Gasteiger partial charge in [-0.05, 0) is 24.6 Å². The summed E-state index contributed by atoms with van der Waals surface area (Å²) in [4.78, 5) is 0. The van der Waals surface area contributed by atoms with Crippen LogP contribution < -0.4 is 4.72 Å². The molecule has 20 heavy (non-hydrogen) atoms. The van der Waals surface area contributed by atoms with Gasteiger partial charge in [-0.3, -0.25) is 4.72 Å². The molecule has 0 saturated carbocycles. The maximum absolute atomic E-state index is 11.8. The van der Waals surface area contributed by atoms with Gasteiger partial charge in [0.2, 0.25) is 10.0 Å². The fraction of sp³-hybridized carbons (Fsp3) is 0.429. The van der Waals surface area contributed by atoms with Crippen LogP contribution in [-0.2, 0) is 10.0 Å². The van der Waals surface area contributed by atoms with Crippen LogP contribution in [0.5, 0.6) is 0 Å². The molecule has 110 valence electrons. The number of unbranched alkanes of at least 4 members (excludes halogenated alkanes) is 1. The van der Waals surface area contributed by atoms with E-state index >= 15 is 0 Å². The van der Waals surface area contributed by atoms with Crippen molar-refractivity contribution in [3.05, 3.63) is 28.8 Å². The van der Waals surface area contributed by atoms with Crippen LogP contribution in [-0.4, -0.2) is 25.9 Å². The Morgan fingerprint density at radius 2 is 2.15 bits per heavy atom. The summed E-state index contributed by atoms with van der Waals surface area (Å²) in [5.74, 6) is 5.68. The van der Waals surface area contributed by atoms with Gasteiger partial charge in [-0.2, -0.15) is 0 Å². The molecule has 0 aromatic heterocycles. The summed E-state index contributed by atoms with van der Waals surface area (Å²) in [5, 5.41) is 8.99. The van der Waals surface area contributed by atoms with Crippen molar-refractivity contribution in [1.29, 1.82) is 0 Å². The van der Waals surface area contributed by atoms with Crippen molar-refractivity contribution in [3.8, 4) is 11.8 Å². The van der Waals surface area contributed by atoms with Crippen molar-refractivity contribution in [2.45, 2.75) is 26.2 Å². The lowest BCUT2D eigenvalue weighted by Crippen LogP contribution is -2.16. The van der Waals surface area contributed by atoms with E-state index in [-0.39, 0.29) is 12.4 Å². The second-order valence-corrected chi connectivity index (χ2v) is 6.49. The van der Waals surface area contributed by atoms with Gasteiger partial charge in [0.05, 0.1) is 23.1 Å². The summed E-state index contributed by atoms with van der Waals surface area (Å²) >= 11 is 5.98. The molecule has 4 nitrogen and oxygen atoms in total. The van der Waals surface area contributed by atoms with E-state index in [1.54, 1.807) is 18.2 Å². The fourth-order valence-electron chi connectivity index (χ4n) is 1.45. The number of aliphatic hydroxyl groups is 1. The highest BCUT2D eigenvalue weighted by atomic mass is 35.5. The van der Waals surface area contributed by atoms with E-state index in [1.165, 1.54) is 0 Å². The molecule has 1 aromatic rings. The maximum Gasteiger partial charge on any atom is 0.232 e. The van der Waals surface area contributed by atoms with E-state index in [0.717, 1.165) is 6.42 Å². The second kappa shape index (κ2) is 8.15. The average Bonchev–Trinajstić information content (AvgIpc) is 2.40. The normalized spacial score (nSPS) is 10.8. The minimum atomic E-state index is -3.38. The molecule has 0 spiro atoms. The lowest BCUT2D eigenvalue weighted by Gasteiger charge is -2.09. The molecule has 0 radical (unpaired) electrons. The van der Waals surface area contributed by atoms with Gasteiger partial charge in [-0.15, -0.1) is 0 Å². The molecule has 0 aliphatic rings. The smallest absolute Gasteiger partial charge is 0.232 e. The molecule has 2 N–H and O–H groups in total. The first kappa shape index (κ1) is 16.8. The zero-order chi connectivity index (χ0) is 15.0. The third-order valence-corrected chi connectivity index (χ3v) is 4.15. The number of anilines is 1. The molecule has 0 saturated heterocycles. The first-order valence-corrected chi connectivity index (χ1v) is 8.41. The third-order valence-electron chi connectivity index (χ3n) is 2.47. The Morgan fingerprint density at radius 3 is 2.80 bits per heavy atom. The Bertz CT molecular complexity index is 603. The lowest BCUT2D eigenvalue weighted by atomic mass is 10.2. The molecule has 0 bridgehead atoms. The SMILES string of the molecule is CCCCS(=O)(=O)Nc1cc(C#CCCO)ccc1Cl. The molecule has 0 aliphatic heterocycles. The van der Waals surface area contributed by atoms with Crippen molar-refractivity contribution in [1.82, 2.24) is 0 Å². The third kappa shape index (κ3) is 5.83. The van der Waals surface area contributed by atoms with E-state index in [9.17, 15) is 8.42 Å². The number of hydrogen-bond donors (Lipinski definition) is 2. The standard InChI is InChI=1S/C14H18ClNO3S/c1-2-3-10-20(18,19)16-14-11-12(6-4-5-9-17)7-8-13(14)15/h7-8,11,16-17H,2-3,5,9-10H2,1H3. The molecule has 0 atom stereocenters. The number of aliphatic hydroxyl groups excluding tert-OH is 1. The minimum absolute atomic E-state index is 0.00288. The first-order chi connectivity index (χ1) is 9.48. The van der Waals surface area contributed by atoms with Crippen molar-refractivity contribution in [2.24, 2.45) is 0 Å². The van der Waals surface area contributed by atoms with Crippen molar-refractivity contribution >= 4 is 27.3 Å². The van der Waals surface area contributed by atoms with Crippen LogP contribution in [0.4, 0.5) is 5.69 Å². The predicted octanol–water partition coefficient (Wildman–Crippen LogP) is 2.62. The van der Waals surface area contributed by atoms with Crippen LogP contribution in [0.2, 0.25) is 5.02 Å². The number of hydrogen-bond acceptors (Lipinski definition) is 3. The summed E-state index contributed by atoms with van der Waals surface area (Å²) < 4.78 is 26.2. The van der Waals surface area contributed by atoms with Gasteiger partial charge < -0.3 is 5.11 Å². The van der Waals surface area contributed by atoms with E-state index in [1.807, 2.05) is 6.92 Å². The van der Waals surface area contributed by atoms with Gasteiger partial charge in [0, 0.05) is 12.0 Å². The second-order valence-electron chi connectivity index (χ2n) is 4.24. The average molecular weight is 316 g/mol. The zero-order valence-corrected chi connectivity index (χ0v) is 12.9. The highest BCUT2D eigenvalue weighted by Crippen LogP contribution is 2.24. The van der Waals surface area contributed by atoms with Gasteiger partial charge >= 0.3 is 0 Å². The number of rotatable bonds is 6. The lowest BCUT2D eigenvalue weighted by molar-refractivity contribution is 0.305. The molecule has 1 aromatic carbocycles. The van der Waals surface area contributed by atoms with Crippen molar-refractivity contribution < 1.29 is 13.5 Å². The summed E-state index contributed by atoms with van der Waals surface area (Å²) in [6.07, 6.45) is 1.78. The molecule has 0 heterocycles. The number of sulfonamides is 1. The first-order valence-electron chi connectivity index (χ1n) is 6.38. The molecular weight excluding hydrogens is 298 g/mol. The van der Waals surface area contributed by atoms with Gasteiger partial charge in [0.1, 0.15) is 0 Å². The van der Waals surface area contributed by atoms with E-state index < -0.39 is 10.0 Å². The summed E-state index contributed by atoms with van der Waals surface area (Å²) in [7, 11) is -3.38. The highest BCUT2D eigenvalue weighted by molar-refractivity contribution is 7.92. The molecule has 0 unspecified atom stereocenters. The predicted molar refractivity (Wildman–Crippen MR) is 82.4 cm³/mol. The number of halogens is 1. The van der Waals surface area contributed by atoms with Crippen LogP contribution in [0, 0.1) is 11.8 Å². The van der Waals surface area contributed by atoms with Crippen LogP contribution >= 0.6 is 11.6 Å². The number of benzene rings is 1. The van der Waals surface area contributed by atoms with Crippen molar-refractivity contribution in [2.75, 3.05) is 17.1 Å². The van der Waals surface area contributed by atoms with Gasteiger partial charge in [0.15, 0.2) is 0 Å². The molecule has 0 aliphatic carbocycles. The molecule has 0 fully saturated rings. The molecule has 1 rings (SSSR count). The Labute approximate surface area is 125 Å². The summed E-state index contributed by atoms with van der Waals surface area (Å²) in [6, 6.07) is 4.90. The quantitative estimate of drug-likeness (QED) is 0.793. The zero-order valence-electron chi connectivity index (χ0n) is 11.3. The Kier molecular flexibility index (Phi) is 6.86. The van der Waals surface area contributed by atoms with Crippen LogP contribution in [0.1, 0.15) is 31.7 Å². The molecule has 6 heteroatoms. The Balaban J connectivity index is 2.90. The molecular formula is C14H18ClNO3S. The summed E-state index contributed by atoms with van der Waals surface area (Å²) in [5.41, 5.74) is 0.981. The molecule has 0 amide bonds. The Hall–Kier alpha value is -1.22. The van der Waals surface area contributed by atoms with E-state index in [4.69, 9.17) is 16.7 Å². The maximum atomic E-state index is 11.8. The van der Waals surface area contributed by atoms with Crippen LogP contribution in [0.25, 0.3) is 0 Å². The topological polar surface area (TPSA) is 66.4 Å². The van der Waals surface area contributed by atoms with Crippen LogP contribution in [0.3, 0.4) is 0 Å². The monoisotopic (exact) mass is 315 g/mol. The minimum Gasteiger partial charge on any atom is -0.395 e. The van der Waals surface area contributed by atoms with Gasteiger partial charge in [-0.1, -0.05) is 36.8 Å². The van der Waals surface area contributed by atoms with Gasteiger partial charge in [0.25, 0.3) is 0 Å². The van der Waals surface area contributed by atoms with Crippen molar-refractivity contribution in [3.63, 3.8) is 0 Å². The van der Waals surface area contributed by atoms with E-state index in [0.29, 0.717) is 29.1 Å².